The number of aryl methyl sites for hydroxylation is 1. The molecule has 1 amide bonds. The number of hydrogen-bond acceptors (Lipinski definition) is 5. The molecule has 2 N–H and O–H groups in total. The summed E-state index contributed by atoms with van der Waals surface area (Å²) in [7, 11) is 0. The highest BCUT2D eigenvalue weighted by Gasteiger charge is 2.25. The zero-order chi connectivity index (χ0) is 20.9. The number of nitrogens with one attached hydrogen (secondary N) is 2. The lowest BCUT2D eigenvalue weighted by Gasteiger charge is -2.31. The highest BCUT2D eigenvalue weighted by molar-refractivity contribution is 6.30. The molecule has 1 aromatic heterocycles. The fourth-order valence-electron chi connectivity index (χ4n) is 4.36. The second-order valence-electron chi connectivity index (χ2n) is 8.09. The van der Waals surface area contributed by atoms with Crippen molar-refractivity contribution in [1.82, 2.24) is 15.3 Å². The van der Waals surface area contributed by atoms with Crippen LogP contribution in [0.2, 0.25) is 5.02 Å². The van der Waals surface area contributed by atoms with Gasteiger partial charge in [-0.05, 0) is 82.6 Å². The Morgan fingerprint density at radius 2 is 1.77 bits per heavy atom. The van der Waals surface area contributed by atoms with E-state index in [0.717, 1.165) is 55.7 Å². The van der Waals surface area contributed by atoms with Gasteiger partial charge in [-0.3, -0.25) is 0 Å². The van der Waals surface area contributed by atoms with Crippen molar-refractivity contribution in [3.8, 4) is 11.4 Å². The van der Waals surface area contributed by atoms with Gasteiger partial charge in [0.1, 0.15) is 5.82 Å². The van der Waals surface area contributed by atoms with Crippen LogP contribution in [-0.2, 0) is 17.6 Å². The Morgan fingerprint density at radius 1 is 1.07 bits per heavy atom. The van der Waals surface area contributed by atoms with Crippen molar-refractivity contribution < 1.29 is 9.53 Å². The Labute approximate surface area is 182 Å². The number of carbonyl (C=O) groups excluding carboxylic acids is 1. The van der Waals surface area contributed by atoms with E-state index >= 15 is 0 Å². The van der Waals surface area contributed by atoms with Crippen LogP contribution in [0.5, 0.6) is 0 Å². The van der Waals surface area contributed by atoms with Crippen LogP contribution in [0.1, 0.15) is 56.7 Å². The molecule has 0 aliphatic heterocycles. The van der Waals surface area contributed by atoms with Crippen molar-refractivity contribution in [2.45, 2.75) is 70.4 Å². The molecule has 6 nitrogen and oxygen atoms in total. The van der Waals surface area contributed by atoms with E-state index in [1.165, 1.54) is 24.1 Å². The monoisotopic (exact) mass is 428 g/mol. The first kappa shape index (κ1) is 20.9. The number of aromatic nitrogens is 2. The minimum Gasteiger partial charge on any atom is -0.450 e. The number of nitrogens with zero attached hydrogens (tertiary/aromatic N) is 2. The summed E-state index contributed by atoms with van der Waals surface area (Å²) >= 11 is 6.05. The van der Waals surface area contributed by atoms with Gasteiger partial charge in [0.25, 0.3) is 0 Å². The summed E-state index contributed by atoms with van der Waals surface area (Å²) < 4.78 is 5.00. The third-order valence-electron chi connectivity index (χ3n) is 5.95. The minimum absolute atomic E-state index is 0.186. The van der Waals surface area contributed by atoms with Crippen molar-refractivity contribution >= 4 is 23.5 Å². The normalized spacial score (nSPS) is 20.9. The van der Waals surface area contributed by atoms with Crippen molar-refractivity contribution in [2.24, 2.45) is 0 Å². The molecule has 1 aromatic carbocycles. The summed E-state index contributed by atoms with van der Waals surface area (Å²) in [6, 6.07) is 8.25. The van der Waals surface area contributed by atoms with Gasteiger partial charge in [-0.1, -0.05) is 11.6 Å². The van der Waals surface area contributed by atoms with Gasteiger partial charge in [-0.15, -0.1) is 0 Å². The predicted octanol–water partition coefficient (Wildman–Crippen LogP) is 5.15. The third-order valence-corrected chi connectivity index (χ3v) is 6.20. The molecule has 0 bridgehead atoms. The van der Waals surface area contributed by atoms with E-state index in [0.29, 0.717) is 17.7 Å². The maximum atomic E-state index is 11.7. The lowest BCUT2D eigenvalue weighted by molar-refractivity contribution is 0.144. The number of fused-ring (bicyclic) bond motifs is 1. The lowest BCUT2D eigenvalue weighted by atomic mass is 9.90. The standard InChI is InChI=1S/C23H29ClN4O2/c1-2-30-23(29)26-18-13-11-17(12-14-18)25-22-19-5-3-4-6-20(19)27-21(28-22)15-7-9-16(24)10-8-15/h7-10,17-18H,2-6,11-14H2,1H3,(H,26,29)(H,25,27,28). The van der Waals surface area contributed by atoms with Gasteiger partial charge in [0.05, 0.1) is 6.61 Å². The number of amides is 1. The topological polar surface area (TPSA) is 76.1 Å². The largest absolute Gasteiger partial charge is 0.450 e. The van der Waals surface area contributed by atoms with Crippen molar-refractivity contribution in [3.63, 3.8) is 0 Å². The lowest BCUT2D eigenvalue weighted by Crippen LogP contribution is -2.40. The van der Waals surface area contributed by atoms with E-state index in [9.17, 15) is 4.79 Å². The molecule has 0 radical (unpaired) electrons. The average Bonchev–Trinajstić information content (AvgIpc) is 2.76. The summed E-state index contributed by atoms with van der Waals surface area (Å²) in [6.07, 6.45) is 7.93. The third kappa shape index (κ3) is 5.04. The number of benzene rings is 1. The molecule has 0 unspecified atom stereocenters. The zero-order valence-electron chi connectivity index (χ0n) is 17.4. The first-order valence-electron chi connectivity index (χ1n) is 11.0. The summed E-state index contributed by atoms with van der Waals surface area (Å²) in [6.45, 7) is 2.22. The van der Waals surface area contributed by atoms with E-state index in [1.54, 1.807) is 0 Å². The molecular weight excluding hydrogens is 400 g/mol. The maximum Gasteiger partial charge on any atom is 0.407 e. The molecule has 0 atom stereocenters. The molecule has 1 heterocycles. The number of halogens is 1. The Hall–Kier alpha value is -2.34. The number of rotatable bonds is 5. The fraction of sp³-hybridized carbons (Fsp3) is 0.522. The van der Waals surface area contributed by atoms with E-state index in [2.05, 4.69) is 10.6 Å². The molecule has 2 aromatic rings. The molecule has 1 saturated carbocycles. The van der Waals surface area contributed by atoms with Crippen LogP contribution in [0.4, 0.5) is 10.6 Å². The summed E-state index contributed by atoms with van der Waals surface area (Å²) in [5.41, 5.74) is 3.42. The second-order valence-corrected chi connectivity index (χ2v) is 8.53. The summed E-state index contributed by atoms with van der Waals surface area (Å²) in [5, 5.41) is 7.38. The highest BCUT2D eigenvalue weighted by Crippen LogP contribution is 2.31. The minimum atomic E-state index is -0.314. The Kier molecular flexibility index (Phi) is 6.72. The van der Waals surface area contributed by atoms with Gasteiger partial charge in [0, 0.05) is 33.9 Å². The quantitative estimate of drug-likeness (QED) is 0.689. The predicted molar refractivity (Wildman–Crippen MR) is 119 cm³/mol. The smallest absolute Gasteiger partial charge is 0.407 e. The molecule has 30 heavy (non-hydrogen) atoms. The Bertz CT molecular complexity index is 880. The van der Waals surface area contributed by atoms with Gasteiger partial charge >= 0.3 is 6.09 Å². The first-order chi connectivity index (χ1) is 14.6. The van der Waals surface area contributed by atoms with Crippen LogP contribution in [0.25, 0.3) is 11.4 Å². The number of ether oxygens (including phenoxy) is 1. The average molecular weight is 429 g/mol. The van der Waals surface area contributed by atoms with E-state index in [4.69, 9.17) is 26.3 Å². The molecule has 4 rings (SSSR count). The van der Waals surface area contributed by atoms with Crippen LogP contribution in [0, 0.1) is 0 Å². The molecule has 1 fully saturated rings. The number of alkyl carbamates (subject to hydrolysis) is 1. The van der Waals surface area contributed by atoms with Crippen LogP contribution in [0.3, 0.4) is 0 Å². The van der Waals surface area contributed by atoms with Crippen molar-refractivity contribution in [2.75, 3.05) is 11.9 Å². The van der Waals surface area contributed by atoms with Crippen LogP contribution in [-0.4, -0.2) is 34.8 Å². The number of hydrogen-bond donors (Lipinski definition) is 2. The summed E-state index contributed by atoms with van der Waals surface area (Å²) in [5.74, 6) is 1.74. The van der Waals surface area contributed by atoms with Crippen LogP contribution >= 0.6 is 11.6 Å². The maximum absolute atomic E-state index is 11.7. The van der Waals surface area contributed by atoms with Gasteiger partial charge < -0.3 is 15.4 Å². The first-order valence-corrected chi connectivity index (χ1v) is 11.4. The Balaban J connectivity index is 1.48. The second kappa shape index (κ2) is 9.65. The van der Waals surface area contributed by atoms with Gasteiger partial charge in [0.2, 0.25) is 0 Å². The number of anilines is 1. The Morgan fingerprint density at radius 3 is 2.50 bits per heavy atom. The molecule has 0 saturated heterocycles. The molecule has 160 valence electrons. The van der Waals surface area contributed by atoms with Gasteiger partial charge in [-0.25, -0.2) is 14.8 Å². The SMILES string of the molecule is CCOC(=O)NC1CCC(Nc2nc(-c3ccc(Cl)cc3)nc3c2CCCC3)CC1. The van der Waals surface area contributed by atoms with Crippen molar-refractivity contribution in [3.05, 3.63) is 40.5 Å². The van der Waals surface area contributed by atoms with E-state index < -0.39 is 0 Å². The van der Waals surface area contributed by atoms with Gasteiger partial charge in [0.15, 0.2) is 5.82 Å². The fourth-order valence-corrected chi connectivity index (χ4v) is 4.48. The van der Waals surface area contributed by atoms with Crippen LogP contribution < -0.4 is 10.6 Å². The molecule has 0 spiro atoms. The highest BCUT2D eigenvalue weighted by atomic mass is 35.5. The molecule has 2 aliphatic rings. The molecule has 7 heteroatoms. The van der Waals surface area contributed by atoms with Crippen molar-refractivity contribution in [1.29, 1.82) is 0 Å². The van der Waals surface area contributed by atoms with E-state index in [1.807, 2.05) is 31.2 Å². The van der Waals surface area contributed by atoms with Gasteiger partial charge in [-0.2, -0.15) is 0 Å². The summed E-state index contributed by atoms with van der Waals surface area (Å²) in [4.78, 5) is 21.5. The van der Waals surface area contributed by atoms with E-state index in [-0.39, 0.29) is 12.1 Å². The molecule has 2 aliphatic carbocycles. The van der Waals surface area contributed by atoms with Crippen LogP contribution in [0.15, 0.2) is 24.3 Å². The molecular formula is C23H29ClN4O2. The number of carbonyl (C=O) groups is 1. The zero-order valence-corrected chi connectivity index (χ0v) is 18.2.